The lowest BCUT2D eigenvalue weighted by Crippen LogP contribution is -1.99. The topological polar surface area (TPSA) is 48.4 Å². The van der Waals surface area contributed by atoms with Gasteiger partial charge in [0, 0.05) is 24.1 Å². The minimum Gasteiger partial charge on any atom is -0.493 e. The van der Waals surface area contributed by atoms with Crippen molar-refractivity contribution in [1.82, 2.24) is 0 Å². The maximum absolute atomic E-state index is 5.74. The Kier molecular flexibility index (Phi) is 2.18. The summed E-state index contributed by atoms with van der Waals surface area (Å²) in [5, 5.41) is 0. The second-order valence-corrected chi connectivity index (χ2v) is 3.94. The first-order valence-corrected chi connectivity index (χ1v) is 5.39. The van der Waals surface area contributed by atoms with Crippen LogP contribution in [0, 0.1) is 0 Å². The molecule has 2 aromatic rings. The number of benzene rings is 1. The summed E-state index contributed by atoms with van der Waals surface area (Å²) in [7, 11) is 0. The van der Waals surface area contributed by atoms with Crippen LogP contribution >= 0.6 is 0 Å². The molecule has 0 atom stereocenters. The summed E-state index contributed by atoms with van der Waals surface area (Å²) in [4.78, 5) is 0. The second kappa shape index (κ2) is 3.68. The van der Waals surface area contributed by atoms with Crippen LogP contribution in [0.4, 0.5) is 0 Å². The van der Waals surface area contributed by atoms with Crippen LogP contribution in [0.15, 0.2) is 35.1 Å². The van der Waals surface area contributed by atoms with E-state index >= 15 is 0 Å². The van der Waals surface area contributed by atoms with E-state index < -0.39 is 0 Å². The van der Waals surface area contributed by atoms with Crippen molar-refractivity contribution in [3.05, 3.63) is 41.9 Å². The summed E-state index contributed by atoms with van der Waals surface area (Å²) < 4.78 is 10.7. The molecule has 0 unspecified atom stereocenters. The Morgan fingerprint density at radius 3 is 2.94 bits per heavy atom. The first-order valence-electron chi connectivity index (χ1n) is 5.39. The number of rotatable bonds is 2. The minimum absolute atomic E-state index is 0.508. The number of fused-ring (bicyclic) bond motifs is 1. The molecule has 1 aromatic heterocycles. The Morgan fingerprint density at radius 1 is 1.25 bits per heavy atom. The number of furan rings is 1. The van der Waals surface area contributed by atoms with Crippen LogP contribution in [0.25, 0.3) is 11.1 Å². The monoisotopic (exact) mass is 215 g/mol. The van der Waals surface area contributed by atoms with Crippen molar-refractivity contribution < 1.29 is 9.15 Å². The molecular weight excluding hydrogens is 202 g/mol. The van der Waals surface area contributed by atoms with E-state index in [1.807, 2.05) is 6.07 Å². The van der Waals surface area contributed by atoms with Gasteiger partial charge in [-0.3, -0.25) is 0 Å². The average molecular weight is 215 g/mol. The SMILES string of the molecule is NCc1cc(-c2ccoc2)cc2c1OCC2. The van der Waals surface area contributed by atoms with E-state index in [0.717, 1.165) is 35.5 Å². The van der Waals surface area contributed by atoms with Crippen LogP contribution in [0.5, 0.6) is 5.75 Å². The average Bonchev–Trinajstić information content (AvgIpc) is 2.97. The van der Waals surface area contributed by atoms with Crippen molar-refractivity contribution in [3.63, 3.8) is 0 Å². The molecule has 0 spiro atoms. The summed E-state index contributed by atoms with van der Waals surface area (Å²) >= 11 is 0. The van der Waals surface area contributed by atoms with Crippen molar-refractivity contribution in [2.45, 2.75) is 13.0 Å². The van der Waals surface area contributed by atoms with Gasteiger partial charge in [-0.25, -0.2) is 0 Å². The Balaban J connectivity index is 2.15. The Hall–Kier alpha value is -1.74. The largest absolute Gasteiger partial charge is 0.493 e. The molecule has 0 aliphatic carbocycles. The maximum Gasteiger partial charge on any atom is 0.127 e. The molecule has 3 heteroatoms. The molecular formula is C13H13NO2. The molecule has 3 nitrogen and oxygen atoms in total. The number of hydrogen-bond donors (Lipinski definition) is 1. The fourth-order valence-corrected chi connectivity index (χ4v) is 2.14. The third kappa shape index (κ3) is 1.41. The molecule has 0 fully saturated rings. The predicted octanol–water partition coefficient (Wildman–Crippen LogP) is 2.34. The van der Waals surface area contributed by atoms with E-state index in [9.17, 15) is 0 Å². The van der Waals surface area contributed by atoms with Gasteiger partial charge in [-0.2, -0.15) is 0 Å². The van der Waals surface area contributed by atoms with Gasteiger partial charge in [-0.15, -0.1) is 0 Å². The van der Waals surface area contributed by atoms with Crippen molar-refractivity contribution in [2.75, 3.05) is 6.61 Å². The standard InChI is InChI=1S/C13H13NO2/c14-7-12-6-11(10-1-3-15-8-10)5-9-2-4-16-13(9)12/h1,3,5-6,8H,2,4,7,14H2. The number of nitrogens with two attached hydrogens (primary N) is 1. The van der Waals surface area contributed by atoms with Crippen LogP contribution in [0.3, 0.4) is 0 Å². The minimum atomic E-state index is 0.508. The van der Waals surface area contributed by atoms with Crippen LogP contribution in [0.2, 0.25) is 0 Å². The molecule has 0 radical (unpaired) electrons. The fourth-order valence-electron chi connectivity index (χ4n) is 2.14. The van der Waals surface area contributed by atoms with E-state index in [-0.39, 0.29) is 0 Å². The van der Waals surface area contributed by atoms with Gasteiger partial charge in [0.25, 0.3) is 0 Å². The highest BCUT2D eigenvalue weighted by Gasteiger charge is 2.17. The van der Waals surface area contributed by atoms with Gasteiger partial charge < -0.3 is 14.9 Å². The van der Waals surface area contributed by atoms with Crippen molar-refractivity contribution >= 4 is 0 Å². The maximum atomic E-state index is 5.74. The molecule has 0 amide bonds. The molecule has 0 saturated heterocycles. The highest BCUT2D eigenvalue weighted by molar-refractivity contribution is 5.67. The lowest BCUT2D eigenvalue weighted by atomic mass is 10.00. The smallest absolute Gasteiger partial charge is 0.127 e. The fraction of sp³-hybridized carbons (Fsp3) is 0.231. The molecule has 0 bridgehead atoms. The second-order valence-electron chi connectivity index (χ2n) is 3.94. The summed E-state index contributed by atoms with van der Waals surface area (Å²) in [6.45, 7) is 1.27. The molecule has 16 heavy (non-hydrogen) atoms. The van der Waals surface area contributed by atoms with Gasteiger partial charge in [-0.05, 0) is 29.3 Å². The van der Waals surface area contributed by atoms with Crippen LogP contribution < -0.4 is 10.5 Å². The number of hydrogen-bond acceptors (Lipinski definition) is 3. The van der Waals surface area contributed by atoms with Gasteiger partial charge in [0.2, 0.25) is 0 Å². The zero-order valence-electron chi connectivity index (χ0n) is 8.90. The molecule has 1 aliphatic heterocycles. The molecule has 1 aromatic carbocycles. The lowest BCUT2D eigenvalue weighted by molar-refractivity contribution is 0.353. The Bertz CT molecular complexity index is 503. The first kappa shape index (κ1) is 9.48. The Morgan fingerprint density at radius 2 is 2.19 bits per heavy atom. The van der Waals surface area contributed by atoms with Gasteiger partial charge in [0.15, 0.2) is 0 Å². The first-order chi connectivity index (χ1) is 7.88. The molecule has 2 N–H and O–H groups in total. The molecule has 3 rings (SSSR count). The molecule has 2 heterocycles. The van der Waals surface area contributed by atoms with E-state index in [4.69, 9.17) is 14.9 Å². The van der Waals surface area contributed by atoms with Crippen molar-refractivity contribution in [1.29, 1.82) is 0 Å². The van der Waals surface area contributed by atoms with E-state index in [1.165, 1.54) is 5.56 Å². The van der Waals surface area contributed by atoms with Gasteiger partial charge in [0.1, 0.15) is 5.75 Å². The highest BCUT2D eigenvalue weighted by atomic mass is 16.5. The Labute approximate surface area is 93.8 Å². The zero-order chi connectivity index (χ0) is 11.0. The van der Waals surface area contributed by atoms with Crippen LogP contribution in [-0.2, 0) is 13.0 Å². The number of ether oxygens (including phenoxy) is 1. The van der Waals surface area contributed by atoms with E-state index in [0.29, 0.717) is 6.54 Å². The molecule has 1 aliphatic rings. The normalized spacial score (nSPS) is 13.6. The highest BCUT2D eigenvalue weighted by Crippen LogP contribution is 2.34. The zero-order valence-corrected chi connectivity index (χ0v) is 8.90. The van der Waals surface area contributed by atoms with Crippen molar-refractivity contribution in [2.24, 2.45) is 5.73 Å². The van der Waals surface area contributed by atoms with Crippen LogP contribution in [0.1, 0.15) is 11.1 Å². The summed E-state index contributed by atoms with van der Waals surface area (Å²) in [6.07, 6.45) is 4.40. The van der Waals surface area contributed by atoms with Gasteiger partial charge >= 0.3 is 0 Å². The third-order valence-corrected chi connectivity index (χ3v) is 2.93. The van der Waals surface area contributed by atoms with Gasteiger partial charge in [-0.1, -0.05) is 0 Å². The third-order valence-electron chi connectivity index (χ3n) is 2.93. The molecule has 0 saturated carbocycles. The summed E-state index contributed by atoms with van der Waals surface area (Å²) in [5.74, 6) is 0.981. The van der Waals surface area contributed by atoms with Crippen LogP contribution in [-0.4, -0.2) is 6.61 Å². The lowest BCUT2D eigenvalue weighted by Gasteiger charge is -2.08. The van der Waals surface area contributed by atoms with E-state index in [1.54, 1.807) is 12.5 Å². The van der Waals surface area contributed by atoms with Gasteiger partial charge in [0.05, 0.1) is 19.1 Å². The van der Waals surface area contributed by atoms with Crippen molar-refractivity contribution in [3.8, 4) is 16.9 Å². The summed E-state index contributed by atoms with van der Waals surface area (Å²) in [6, 6.07) is 6.19. The van der Waals surface area contributed by atoms with E-state index in [2.05, 4.69) is 12.1 Å². The summed E-state index contributed by atoms with van der Waals surface area (Å²) in [5.41, 5.74) is 10.3. The molecule has 82 valence electrons. The quantitative estimate of drug-likeness (QED) is 0.836. The predicted molar refractivity (Wildman–Crippen MR) is 61.2 cm³/mol.